The van der Waals surface area contributed by atoms with Crippen molar-refractivity contribution in [3.05, 3.63) is 59.7 Å². The van der Waals surface area contributed by atoms with Gasteiger partial charge in [-0.05, 0) is 43.7 Å². The van der Waals surface area contributed by atoms with E-state index in [1.165, 1.54) is 5.56 Å². The molecule has 2 heteroatoms. The van der Waals surface area contributed by atoms with Crippen LogP contribution in [0, 0.1) is 18.3 Å². The number of hydrogen-bond donors (Lipinski definition) is 0. The van der Waals surface area contributed by atoms with Crippen LogP contribution in [0.3, 0.4) is 0 Å². The number of benzene rings is 2. The molecule has 2 aromatic carbocycles. The highest BCUT2D eigenvalue weighted by molar-refractivity contribution is 5.69. The van der Waals surface area contributed by atoms with Crippen LogP contribution >= 0.6 is 0 Å². The number of anilines is 2. The lowest BCUT2D eigenvalue weighted by atomic mass is 10.1. The lowest BCUT2D eigenvalue weighted by Crippen LogP contribution is -2.17. The smallest absolute Gasteiger partial charge is 0.101 e. The lowest BCUT2D eigenvalue weighted by molar-refractivity contribution is 1.02. The zero-order chi connectivity index (χ0) is 13.0. The van der Waals surface area contributed by atoms with Gasteiger partial charge in [-0.1, -0.05) is 24.3 Å². The fourth-order valence-corrected chi connectivity index (χ4v) is 2.09. The van der Waals surface area contributed by atoms with E-state index in [1.54, 1.807) is 0 Å². The summed E-state index contributed by atoms with van der Waals surface area (Å²) in [5.41, 5.74) is 4.02. The molecule has 0 saturated carbocycles. The highest BCUT2D eigenvalue weighted by atomic mass is 15.1. The van der Waals surface area contributed by atoms with Gasteiger partial charge < -0.3 is 4.90 Å². The standard InChI is InChI=1S/C16H16N2/c1-3-18(15-9-6-7-13(2)11-15)16-10-5-4-8-14(16)12-17/h4-11H,3H2,1-2H3. The molecule has 0 atom stereocenters. The van der Waals surface area contributed by atoms with E-state index in [9.17, 15) is 5.26 Å². The summed E-state index contributed by atoms with van der Waals surface area (Å²) in [7, 11) is 0. The van der Waals surface area contributed by atoms with Gasteiger partial charge in [0.15, 0.2) is 0 Å². The Morgan fingerprint density at radius 1 is 1.11 bits per heavy atom. The van der Waals surface area contributed by atoms with E-state index in [1.807, 2.05) is 30.3 Å². The van der Waals surface area contributed by atoms with Gasteiger partial charge in [0.1, 0.15) is 6.07 Å². The van der Waals surface area contributed by atoms with Gasteiger partial charge >= 0.3 is 0 Å². The molecule has 0 unspecified atom stereocenters. The Kier molecular flexibility index (Phi) is 3.64. The summed E-state index contributed by atoms with van der Waals surface area (Å²) in [5.74, 6) is 0. The van der Waals surface area contributed by atoms with Crippen molar-refractivity contribution in [3.63, 3.8) is 0 Å². The minimum atomic E-state index is 0.709. The van der Waals surface area contributed by atoms with Crippen molar-refractivity contribution in [2.24, 2.45) is 0 Å². The second kappa shape index (κ2) is 5.37. The Labute approximate surface area is 108 Å². The first-order valence-corrected chi connectivity index (χ1v) is 6.09. The lowest BCUT2D eigenvalue weighted by Gasteiger charge is -2.24. The second-order valence-corrected chi connectivity index (χ2v) is 4.21. The molecule has 0 saturated heterocycles. The molecule has 0 N–H and O–H groups in total. The molecule has 0 heterocycles. The van der Waals surface area contributed by atoms with Crippen molar-refractivity contribution >= 4 is 11.4 Å². The Hall–Kier alpha value is -2.27. The van der Waals surface area contributed by atoms with E-state index in [2.05, 4.69) is 43.0 Å². The molecule has 0 bridgehead atoms. The predicted molar refractivity (Wildman–Crippen MR) is 75.0 cm³/mol. The maximum absolute atomic E-state index is 9.19. The van der Waals surface area contributed by atoms with Crippen LogP contribution in [0.4, 0.5) is 11.4 Å². The molecule has 0 spiro atoms. The molecule has 2 nitrogen and oxygen atoms in total. The zero-order valence-corrected chi connectivity index (χ0v) is 10.7. The van der Waals surface area contributed by atoms with Crippen LogP contribution in [-0.2, 0) is 0 Å². The average Bonchev–Trinajstić information content (AvgIpc) is 2.40. The molecule has 90 valence electrons. The van der Waals surface area contributed by atoms with Gasteiger partial charge in [0.2, 0.25) is 0 Å². The van der Waals surface area contributed by atoms with E-state index in [0.717, 1.165) is 17.9 Å². The number of aryl methyl sites for hydroxylation is 1. The first kappa shape index (κ1) is 12.2. The van der Waals surface area contributed by atoms with Crippen molar-refractivity contribution in [2.45, 2.75) is 13.8 Å². The van der Waals surface area contributed by atoms with Crippen LogP contribution < -0.4 is 4.90 Å². The van der Waals surface area contributed by atoms with Gasteiger partial charge in [-0.25, -0.2) is 0 Å². The van der Waals surface area contributed by atoms with E-state index in [4.69, 9.17) is 0 Å². The topological polar surface area (TPSA) is 27.0 Å². The third-order valence-electron chi connectivity index (χ3n) is 2.94. The summed E-state index contributed by atoms with van der Waals surface area (Å²) in [4.78, 5) is 2.16. The maximum Gasteiger partial charge on any atom is 0.101 e. The van der Waals surface area contributed by atoms with Gasteiger partial charge in [-0.3, -0.25) is 0 Å². The van der Waals surface area contributed by atoms with E-state index in [0.29, 0.717) is 5.56 Å². The van der Waals surface area contributed by atoms with Crippen LogP contribution in [0.25, 0.3) is 0 Å². The molecule has 0 aliphatic rings. The molecule has 0 aromatic heterocycles. The minimum absolute atomic E-state index is 0.709. The summed E-state index contributed by atoms with van der Waals surface area (Å²) < 4.78 is 0. The quantitative estimate of drug-likeness (QED) is 0.804. The number of nitriles is 1. The maximum atomic E-state index is 9.19. The molecule has 0 aliphatic heterocycles. The van der Waals surface area contributed by atoms with Crippen LogP contribution in [0.2, 0.25) is 0 Å². The number of para-hydroxylation sites is 1. The monoisotopic (exact) mass is 236 g/mol. The van der Waals surface area contributed by atoms with Gasteiger partial charge in [-0.2, -0.15) is 5.26 Å². The van der Waals surface area contributed by atoms with E-state index in [-0.39, 0.29) is 0 Å². The van der Waals surface area contributed by atoms with Gasteiger partial charge in [0.25, 0.3) is 0 Å². The third kappa shape index (κ3) is 2.36. The molecule has 0 amide bonds. The average molecular weight is 236 g/mol. The summed E-state index contributed by atoms with van der Waals surface area (Å²) in [6.45, 7) is 5.01. The van der Waals surface area contributed by atoms with Gasteiger partial charge in [0.05, 0.1) is 11.3 Å². The molecule has 0 radical (unpaired) electrons. The Balaban J connectivity index is 2.49. The van der Waals surface area contributed by atoms with E-state index < -0.39 is 0 Å². The fraction of sp³-hybridized carbons (Fsp3) is 0.188. The van der Waals surface area contributed by atoms with Crippen molar-refractivity contribution in [2.75, 3.05) is 11.4 Å². The summed E-state index contributed by atoms with van der Waals surface area (Å²) >= 11 is 0. The Morgan fingerprint density at radius 3 is 2.56 bits per heavy atom. The highest BCUT2D eigenvalue weighted by Crippen LogP contribution is 2.28. The SMILES string of the molecule is CCN(c1cccc(C)c1)c1ccccc1C#N. The van der Waals surface area contributed by atoms with Crippen molar-refractivity contribution in [3.8, 4) is 6.07 Å². The normalized spacial score (nSPS) is 9.83. The number of rotatable bonds is 3. The third-order valence-corrected chi connectivity index (χ3v) is 2.94. The molecule has 2 rings (SSSR count). The highest BCUT2D eigenvalue weighted by Gasteiger charge is 2.10. The molecule has 0 aliphatic carbocycles. The summed E-state index contributed by atoms with van der Waals surface area (Å²) in [5, 5.41) is 9.19. The van der Waals surface area contributed by atoms with E-state index >= 15 is 0 Å². The number of hydrogen-bond acceptors (Lipinski definition) is 2. The molecule has 2 aromatic rings. The van der Waals surface area contributed by atoms with Crippen molar-refractivity contribution < 1.29 is 0 Å². The zero-order valence-electron chi connectivity index (χ0n) is 10.7. The molecular weight excluding hydrogens is 220 g/mol. The van der Waals surface area contributed by atoms with Crippen LogP contribution in [0.5, 0.6) is 0 Å². The van der Waals surface area contributed by atoms with Crippen LogP contribution in [0.15, 0.2) is 48.5 Å². The first-order valence-electron chi connectivity index (χ1n) is 6.09. The van der Waals surface area contributed by atoms with Crippen molar-refractivity contribution in [1.82, 2.24) is 0 Å². The molecule has 18 heavy (non-hydrogen) atoms. The first-order chi connectivity index (χ1) is 8.76. The molecular formula is C16H16N2. The Morgan fingerprint density at radius 2 is 1.89 bits per heavy atom. The Bertz CT molecular complexity index is 582. The molecule has 0 fully saturated rings. The van der Waals surface area contributed by atoms with Gasteiger partial charge in [-0.15, -0.1) is 0 Å². The minimum Gasteiger partial charge on any atom is -0.341 e. The van der Waals surface area contributed by atoms with Crippen LogP contribution in [0.1, 0.15) is 18.1 Å². The predicted octanol–water partition coefficient (Wildman–Crippen LogP) is 4.02. The summed E-state index contributed by atoms with van der Waals surface area (Å²) in [6.07, 6.45) is 0. The summed E-state index contributed by atoms with van der Waals surface area (Å²) in [6, 6.07) is 18.3. The largest absolute Gasteiger partial charge is 0.341 e. The van der Waals surface area contributed by atoms with Crippen LogP contribution in [-0.4, -0.2) is 6.54 Å². The fourth-order valence-electron chi connectivity index (χ4n) is 2.09. The van der Waals surface area contributed by atoms with Gasteiger partial charge in [0, 0.05) is 12.2 Å². The number of nitrogens with zero attached hydrogens (tertiary/aromatic N) is 2. The van der Waals surface area contributed by atoms with Crippen molar-refractivity contribution in [1.29, 1.82) is 5.26 Å². The second-order valence-electron chi connectivity index (χ2n) is 4.21.